The van der Waals surface area contributed by atoms with Crippen LogP contribution in [0.15, 0.2) is 24.3 Å². The molecule has 0 bridgehead atoms. The molecule has 0 spiro atoms. The summed E-state index contributed by atoms with van der Waals surface area (Å²) in [7, 11) is 0. The van der Waals surface area contributed by atoms with E-state index >= 15 is 0 Å². The van der Waals surface area contributed by atoms with E-state index in [2.05, 4.69) is 5.32 Å². The van der Waals surface area contributed by atoms with Gasteiger partial charge in [-0.15, -0.1) is 0 Å². The van der Waals surface area contributed by atoms with Crippen LogP contribution < -0.4 is 5.32 Å². The fourth-order valence-corrected chi connectivity index (χ4v) is 1.63. The molecular formula is C14H19F4NO. The molecule has 6 heteroatoms. The van der Waals surface area contributed by atoms with Crippen molar-refractivity contribution in [1.29, 1.82) is 0 Å². The van der Waals surface area contributed by atoms with Crippen LogP contribution in [0, 0.1) is 0 Å². The van der Waals surface area contributed by atoms with Gasteiger partial charge in [-0.25, -0.2) is 8.78 Å². The van der Waals surface area contributed by atoms with Crippen LogP contribution in [-0.2, 0) is 17.9 Å². The Morgan fingerprint density at radius 3 is 2.45 bits per heavy atom. The largest absolute Gasteiger partial charge is 0.370 e. The number of rotatable bonds is 9. The Bertz CT molecular complexity index is 399. The van der Waals surface area contributed by atoms with Crippen LogP contribution in [0.3, 0.4) is 0 Å². The number of hydrogen-bond acceptors (Lipinski definition) is 2. The zero-order valence-corrected chi connectivity index (χ0v) is 11.3. The minimum Gasteiger partial charge on any atom is -0.370 e. The standard InChI is InChI=1S/C14H19F4NO/c1-2-7-19-8-11-5-3-4-6-12(11)9-20-10-14(17,18)13(15)16/h3-6,13,19H,2,7-10H2,1H3. The molecule has 0 saturated heterocycles. The summed E-state index contributed by atoms with van der Waals surface area (Å²) >= 11 is 0. The first-order valence-corrected chi connectivity index (χ1v) is 6.48. The third-order valence-electron chi connectivity index (χ3n) is 2.73. The fraction of sp³-hybridized carbons (Fsp3) is 0.571. The molecule has 20 heavy (non-hydrogen) atoms. The highest BCUT2D eigenvalue weighted by molar-refractivity contribution is 5.26. The molecule has 0 aliphatic rings. The monoisotopic (exact) mass is 293 g/mol. The van der Waals surface area contributed by atoms with Crippen molar-refractivity contribution in [2.75, 3.05) is 13.2 Å². The number of nitrogens with one attached hydrogen (secondary N) is 1. The molecule has 0 aromatic heterocycles. The summed E-state index contributed by atoms with van der Waals surface area (Å²) in [6.07, 6.45) is -2.72. The molecule has 1 aromatic rings. The third-order valence-corrected chi connectivity index (χ3v) is 2.73. The Kier molecular flexibility index (Phi) is 6.95. The van der Waals surface area contributed by atoms with Crippen molar-refractivity contribution in [2.45, 2.75) is 38.8 Å². The molecule has 0 atom stereocenters. The van der Waals surface area contributed by atoms with Gasteiger partial charge >= 0.3 is 12.3 Å². The zero-order valence-electron chi connectivity index (χ0n) is 11.3. The Balaban J connectivity index is 2.51. The van der Waals surface area contributed by atoms with Crippen LogP contribution in [0.25, 0.3) is 0 Å². The lowest BCUT2D eigenvalue weighted by Crippen LogP contribution is -2.32. The number of hydrogen-bond donors (Lipinski definition) is 1. The van der Waals surface area contributed by atoms with Gasteiger partial charge in [-0.3, -0.25) is 0 Å². The first kappa shape index (κ1) is 16.9. The van der Waals surface area contributed by atoms with E-state index in [-0.39, 0.29) is 6.61 Å². The molecule has 0 saturated carbocycles. The van der Waals surface area contributed by atoms with Crippen molar-refractivity contribution in [1.82, 2.24) is 5.32 Å². The van der Waals surface area contributed by atoms with E-state index in [4.69, 9.17) is 4.74 Å². The zero-order chi connectivity index (χ0) is 15.0. The SMILES string of the molecule is CCCNCc1ccccc1COCC(F)(F)C(F)F. The second-order valence-corrected chi connectivity index (χ2v) is 4.50. The van der Waals surface area contributed by atoms with E-state index < -0.39 is 19.0 Å². The lowest BCUT2D eigenvalue weighted by Gasteiger charge is -2.16. The van der Waals surface area contributed by atoms with E-state index in [9.17, 15) is 17.6 Å². The van der Waals surface area contributed by atoms with Crippen LogP contribution in [0.5, 0.6) is 0 Å². The van der Waals surface area contributed by atoms with E-state index in [1.165, 1.54) is 0 Å². The number of ether oxygens (including phenoxy) is 1. The van der Waals surface area contributed by atoms with Gasteiger partial charge in [0.15, 0.2) is 0 Å². The minimum atomic E-state index is -4.10. The summed E-state index contributed by atoms with van der Waals surface area (Å²) in [6, 6.07) is 7.18. The minimum absolute atomic E-state index is 0.105. The van der Waals surface area contributed by atoms with Crippen LogP contribution >= 0.6 is 0 Å². The van der Waals surface area contributed by atoms with Crippen molar-refractivity contribution in [3.63, 3.8) is 0 Å². The Labute approximate surface area is 116 Å². The molecule has 0 heterocycles. The quantitative estimate of drug-likeness (QED) is 0.555. The molecule has 2 nitrogen and oxygen atoms in total. The summed E-state index contributed by atoms with van der Waals surface area (Å²) in [4.78, 5) is 0. The molecular weight excluding hydrogens is 274 g/mol. The number of halogens is 4. The summed E-state index contributed by atoms with van der Waals surface area (Å²) < 4.78 is 54.1. The average Bonchev–Trinajstić information content (AvgIpc) is 2.40. The van der Waals surface area contributed by atoms with E-state index in [1.807, 2.05) is 19.1 Å². The maximum Gasteiger partial charge on any atom is 0.330 e. The topological polar surface area (TPSA) is 21.3 Å². The molecule has 1 rings (SSSR count). The lowest BCUT2D eigenvalue weighted by atomic mass is 10.1. The average molecular weight is 293 g/mol. The van der Waals surface area contributed by atoms with Crippen LogP contribution in [0.1, 0.15) is 24.5 Å². The van der Waals surface area contributed by atoms with Crippen molar-refractivity contribution < 1.29 is 22.3 Å². The van der Waals surface area contributed by atoms with Gasteiger partial charge in [-0.05, 0) is 24.1 Å². The van der Waals surface area contributed by atoms with Crippen LogP contribution in [-0.4, -0.2) is 25.5 Å². The molecule has 0 amide bonds. The highest BCUT2D eigenvalue weighted by Gasteiger charge is 2.40. The van der Waals surface area contributed by atoms with Gasteiger partial charge in [0, 0.05) is 6.54 Å². The van der Waals surface area contributed by atoms with Gasteiger partial charge in [0.25, 0.3) is 0 Å². The summed E-state index contributed by atoms with van der Waals surface area (Å²) in [6.45, 7) is 2.10. The third kappa shape index (κ3) is 5.46. The predicted octanol–water partition coefficient (Wildman–Crippen LogP) is 3.60. The Morgan fingerprint density at radius 1 is 1.20 bits per heavy atom. The van der Waals surface area contributed by atoms with Crippen molar-refractivity contribution in [3.05, 3.63) is 35.4 Å². The Morgan fingerprint density at radius 2 is 1.85 bits per heavy atom. The second-order valence-electron chi connectivity index (χ2n) is 4.50. The van der Waals surface area contributed by atoms with Crippen molar-refractivity contribution >= 4 is 0 Å². The highest BCUT2D eigenvalue weighted by Crippen LogP contribution is 2.23. The molecule has 0 aliphatic heterocycles. The van der Waals surface area contributed by atoms with Crippen LogP contribution in [0.2, 0.25) is 0 Å². The van der Waals surface area contributed by atoms with E-state index in [0.29, 0.717) is 6.54 Å². The van der Waals surface area contributed by atoms with Crippen molar-refractivity contribution in [3.8, 4) is 0 Å². The van der Waals surface area contributed by atoms with E-state index in [1.54, 1.807) is 12.1 Å². The Hall–Kier alpha value is -1.14. The predicted molar refractivity (Wildman–Crippen MR) is 69.0 cm³/mol. The van der Waals surface area contributed by atoms with Gasteiger partial charge in [0.2, 0.25) is 0 Å². The molecule has 114 valence electrons. The number of benzene rings is 1. The second kappa shape index (κ2) is 8.21. The van der Waals surface area contributed by atoms with Gasteiger partial charge in [0.05, 0.1) is 6.61 Å². The molecule has 0 aliphatic carbocycles. The maximum atomic E-state index is 12.7. The van der Waals surface area contributed by atoms with E-state index in [0.717, 1.165) is 24.1 Å². The first-order valence-electron chi connectivity index (χ1n) is 6.48. The van der Waals surface area contributed by atoms with Crippen LogP contribution in [0.4, 0.5) is 17.6 Å². The van der Waals surface area contributed by atoms with Gasteiger partial charge < -0.3 is 10.1 Å². The summed E-state index contributed by atoms with van der Waals surface area (Å²) in [5.74, 6) is -4.10. The molecule has 0 radical (unpaired) electrons. The van der Waals surface area contributed by atoms with Gasteiger partial charge in [-0.1, -0.05) is 31.2 Å². The normalized spacial score (nSPS) is 12.1. The molecule has 0 fully saturated rings. The maximum absolute atomic E-state index is 12.7. The highest BCUT2D eigenvalue weighted by atomic mass is 19.3. The molecule has 1 aromatic carbocycles. The van der Waals surface area contributed by atoms with Gasteiger partial charge in [0.1, 0.15) is 6.61 Å². The first-order chi connectivity index (χ1) is 9.47. The molecule has 0 unspecified atom stereocenters. The molecule has 1 N–H and O–H groups in total. The van der Waals surface area contributed by atoms with Gasteiger partial charge in [-0.2, -0.15) is 8.78 Å². The summed E-state index contributed by atoms with van der Waals surface area (Å²) in [5.41, 5.74) is 1.64. The fourth-order valence-electron chi connectivity index (χ4n) is 1.63. The lowest BCUT2D eigenvalue weighted by molar-refractivity contribution is -0.168. The number of alkyl halides is 4. The summed E-state index contributed by atoms with van der Waals surface area (Å²) in [5, 5.41) is 3.19. The van der Waals surface area contributed by atoms with Crippen molar-refractivity contribution in [2.24, 2.45) is 0 Å². The smallest absolute Gasteiger partial charge is 0.330 e.